The molecule has 0 spiro atoms. The average Bonchev–Trinajstić information content (AvgIpc) is 3.45. The number of amides is 1. The topological polar surface area (TPSA) is 105 Å². The van der Waals surface area contributed by atoms with Crippen molar-refractivity contribution in [1.29, 1.82) is 0 Å². The first kappa shape index (κ1) is 20.8. The fourth-order valence-electron chi connectivity index (χ4n) is 3.00. The van der Waals surface area contributed by atoms with Crippen molar-refractivity contribution in [1.82, 2.24) is 14.5 Å². The minimum atomic E-state index is -3.52. The summed E-state index contributed by atoms with van der Waals surface area (Å²) in [6.07, 6.45) is 4.50. The van der Waals surface area contributed by atoms with Gasteiger partial charge in [0.2, 0.25) is 20.3 Å². The number of aromatic nitrogens is 2. The Hall–Kier alpha value is -2.47. The lowest BCUT2D eigenvalue weighted by molar-refractivity contribution is 0.102. The number of thiophene rings is 1. The minimum absolute atomic E-state index is 0.196. The maximum atomic E-state index is 12.7. The number of aliphatic imine (C=N–C) groups is 1. The van der Waals surface area contributed by atoms with Crippen LogP contribution in [0.25, 0.3) is 0 Å². The predicted octanol–water partition coefficient (Wildman–Crippen LogP) is 3.78. The monoisotopic (exact) mass is 461 g/mol. The average molecular weight is 462 g/mol. The van der Waals surface area contributed by atoms with Gasteiger partial charge in [-0.2, -0.15) is 4.31 Å². The zero-order valence-corrected chi connectivity index (χ0v) is 18.3. The van der Waals surface area contributed by atoms with E-state index in [2.05, 4.69) is 20.5 Å². The Balaban J connectivity index is 1.40. The van der Waals surface area contributed by atoms with Crippen molar-refractivity contribution in [2.45, 2.75) is 24.2 Å². The van der Waals surface area contributed by atoms with Gasteiger partial charge in [0.05, 0.1) is 4.90 Å². The van der Waals surface area contributed by atoms with Gasteiger partial charge in [-0.1, -0.05) is 23.8 Å². The van der Waals surface area contributed by atoms with Crippen molar-refractivity contribution in [3.05, 3.63) is 52.2 Å². The summed E-state index contributed by atoms with van der Waals surface area (Å²) in [6, 6.07) is 9.81. The summed E-state index contributed by atoms with van der Waals surface area (Å²) in [7, 11) is -3.52. The Bertz CT molecular complexity index is 1130. The number of anilines is 1. The Kier molecular flexibility index (Phi) is 6.32. The van der Waals surface area contributed by atoms with Crippen molar-refractivity contribution in [2.24, 2.45) is 4.99 Å². The molecule has 1 aliphatic heterocycles. The molecule has 30 heavy (non-hydrogen) atoms. The first-order chi connectivity index (χ1) is 14.5. The summed E-state index contributed by atoms with van der Waals surface area (Å²) in [5.74, 6) is -0.387. The second kappa shape index (κ2) is 9.13. The molecule has 1 saturated heterocycles. The molecule has 0 unspecified atom stereocenters. The lowest BCUT2D eigenvalue weighted by atomic mass is 10.2. The van der Waals surface area contributed by atoms with Crippen LogP contribution in [0.15, 0.2) is 51.7 Å². The third-order valence-corrected chi connectivity index (χ3v) is 8.02. The van der Waals surface area contributed by atoms with E-state index in [-0.39, 0.29) is 10.8 Å². The highest BCUT2D eigenvalue weighted by atomic mass is 32.2. The van der Waals surface area contributed by atoms with Gasteiger partial charge in [-0.05, 0) is 48.6 Å². The summed E-state index contributed by atoms with van der Waals surface area (Å²) >= 11 is 2.71. The molecular formula is C19H19N5O3S3. The molecule has 3 heterocycles. The van der Waals surface area contributed by atoms with Gasteiger partial charge in [0.25, 0.3) is 5.91 Å². The van der Waals surface area contributed by atoms with Crippen LogP contribution in [0.4, 0.5) is 10.3 Å². The van der Waals surface area contributed by atoms with Gasteiger partial charge in [0.1, 0.15) is 0 Å². The molecule has 1 amide bonds. The maximum Gasteiger partial charge on any atom is 0.257 e. The fraction of sp³-hybridized carbons (Fsp3) is 0.263. The van der Waals surface area contributed by atoms with E-state index in [1.54, 1.807) is 17.6 Å². The lowest BCUT2D eigenvalue weighted by Crippen LogP contribution is -2.35. The fourth-order valence-corrected chi connectivity index (χ4v) is 5.69. The highest BCUT2D eigenvalue weighted by Gasteiger charge is 2.26. The summed E-state index contributed by atoms with van der Waals surface area (Å²) < 4.78 is 26.9. The molecule has 4 rings (SSSR count). The number of hydrogen-bond donors (Lipinski definition) is 1. The number of sulfonamides is 1. The molecule has 3 aromatic rings. The molecule has 156 valence electrons. The molecule has 0 bridgehead atoms. The van der Waals surface area contributed by atoms with Gasteiger partial charge in [-0.25, -0.2) is 13.4 Å². The van der Waals surface area contributed by atoms with E-state index in [1.807, 2.05) is 17.5 Å². The Morgan fingerprint density at radius 3 is 2.57 bits per heavy atom. The first-order valence-electron chi connectivity index (χ1n) is 9.35. The van der Waals surface area contributed by atoms with Crippen LogP contribution < -0.4 is 5.32 Å². The number of carbonyl (C=O) groups excluding carboxylic acids is 1. The molecule has 1 aliphatic rings. The number of nitrogens with zero attached hydrogens (tertiary/aromatic N) is 4. The van der Waals surface area contributed by atoms with E-state index in [0.29, 0.717) is 28.9 Å². The third kappa shape index (κ3) is 4.81. The number of piperidine rings is 1. The van der Waals surface area contributed by atoms with Crippen LogP contribution in [0.1, 0.15) is 34.5 Å². The van der Waals surface area contributed by atoms with Gasteiger partial charge >= 0.3 is 0 Å². The highest BCUT2D eigenvalue weighted by Crippen LogP contribution is 2.24. The van der Waals surface area contributed by atoms with Crippen LogP contribution >= 0.6 is 22.7 Å². The molecular weight excluding hydrogens is 442 g/mol. The van der Waals surface area contributed by atoms with E-state index in [0.717, 1.165) is 35.5 Å². The van der Waals surface area contributed by atoms with Crippen molar-refractivity contribution in [3.8, 4) is 0 Å². The van der Waals surface area contributed by atoms with Gasteiger partial charge in [0, 0.05) is 29.7 Å². The molecule has 0 radical (unpaired) electrons. The SMILES string of the molecule is O=C(Nc1nnc(/N=C/c2cccs2)s1)c1ccc(S(=O)(=O)N2CCCCC2)cc1. The summed E-state index contributed by atoms with van der Waals surface area (Å²) in [5.41, 5.74) is 0.339. The molecule has 1 N–H and O–H groups in total. The molecule has 0 aliphatic carbocycles. The number of carbonyl (C=O) groups is 1. The molecule has 0 atom stereocenters. The van der Waals surface area contributed by atoms with Crippen molar-refractivity contribution < 1.29 is 13.2 Å². The van der Waals surface area contributed by atoms with Crippen molar-refractivity contribution >= 4 is 55.1 Å². The van der Waals surface area contributed by atoms with Gasteiger partial charge in [-0.3, -0.25) is 10.1 Å². The van der Waals surface area contributed by atoms with E-state index in [9.17, 15) is 13.2 Å². The number of nitrogens with one attached hydrogen (secondary N) is 1. The molecule has 2 aromatic heterocycles. The molecule has 0 saturated carbocycles. The van der Waals surface area contributed by atoms with Crippen LogP contribution in [-0.2, 0) is 10.0 Å². The molecule has 1 aromatic carbocycles. The van der Waals surface area contributed by atoms with E-state index < -0.39 is 10.0 Å². The molecule has 11 heteroatoms. The van der Waals surface area contributed by atoms with Gasteiger partial charge in [-0.15, -0.1) is 21.5 Å². The predicted molar refractivity (Wildman–Crippen MR) is 118 cm³/mol. The lowest BCUT2D eigenvalue weighted by Gasteiger charge is -2.25. The van der Waals surface area contributed by atoms with Crippen LogP contribution in [0, 0.1) is 0 Å². The van der Waals surface area contributed by atoms with Crippen LogP contribution in [-0.4, -0.2) is 48.1 Å². The number of rotatable bonds is 6. The molecule has 1 fully saturated rings. The standard InChI is InChI=1S/C19H19N5O3S3/c25-17(21-19-23-22-18(29-19)20-13-15-5-4-12-28-15)14-6-8-16(9-7-14)30(26,27)24-10-2-1-3-11-24/h4-9,12-13H,1-3,10-11H2,(H,21,23,25)/b20-13+. The van der Waals surface area contributed by atoms with E-state index in [1.165, 1.54) is 28.6 Å². The third-order valence-electron chi connectivity index (χ3n) is 4.55. The largest absolute Gasteiger partial charge is 0.296 e. The molecule has 8 nitrogen and oxygen atoms in total. The zero-order valence-electron chi connectivity index (χ0n) is 15.9. The summed E-state index contributed by atoms with van der Waals surface area (Å²) in [4.78, 5) is 17.9. The van der Waals surface area contributed by atoms with Crippen molar-refractivity contribution in [2.75, 3.05) is 18.4 Å². The van der Waals surface area contributed by atoms with E-state index in [4.69, 9.17) is 0 Å². The highest BCUT2D eigenvalue weighted by molar-refractivity contribution is 7.89. The minimum Gasteiger partial charge on any atom is -0.296 e. The van der Waals surface area contributed by atoms with Crippen LogP contribution in [0.3, 0.4) is 0 Å². The zero-order chi connectivity index (χ0) is 21.0. The van der Waals surface area contributed by atoms with Crippen LogP contribution in [0.5, 0.6) is 0 Å². The van der Waals surface area contributed by atoms with Gasteiger partial charge < -0.3 is 0 Å². The first-order valence-corrected chi connectivity index (χ1v) is 12.5. The van der Waals surface area contributed by atoms with Gasteiger partial charge in [0.15, 0.2) is 0 Å². The Morgan fingerprint density at radius 1 is 1.10 bits per heavy atom. The smallest absolute Gasteiger partial charge is 0.257 e. The normalized spacial score (nSPS) is 15.5. The number of hydrogen-bond acceptors (Lipinski definition) is 8. The van der Waals surface area contributed by atoms with Crippen LogP contribution in [0.2, 0.25) is 0 Å². The van der Waals surface area contributed by atoms with Crippen molar-refractivity contribution in [3.63, 3.8) is 0 Å². The number of benzene rings is 1. The summed E-state index contributed by atoms with van der Waals surface area (Å²) in [5, 5.41) is 13.2. The quantitative estimate of drug-likeness (QED) is 0.563. The summed E-state index contributed by atoms with van der Waals surface area (Å²) in [6.45, 7) is 1.08. The Morgan fingerprint density at radius 2 is 1.87 bits per heavy atom. The Labute approximate surface area is 182 Å². The second-order valence-corrected chi connectivity index (χ2v) is 10.5. The maximum absolute atomic E-state index is 12.7. The van der Waals surface area contributed by atoms with E-state index >= 15 is 0 Å². The second-order valence-electron chi connectivity index (χ2n) is 6.61.